The van der Waals surface area contributed by atoms with E-state index in [1.54, 1.807) is 0 Å². The Morgan fingerprint density at radius 1 is 0.976 bits per heavy atom. The van der Waals surface area contributed by atoms with E-state index in [9.17, 15) is 5.11 Å². The molecule has 0 bridgehead atoms. The van der Waals surface area contributed by atoms with Crippen molar-refractivity contribution in [2.75, 3.05) is 0 Å². The first-order valence-corrected chi connectivity index (χ1v) is 18.5. The second-order valence-corrected chi connectivity index (χ2v) is 15.1. The molecule has 0 radical (unpaired) electrons. The van der Waals surface area contributed by atoms with E-state index < -0.39 is 0 Å². The summed E-state index contributed by atoms with van der Waals surface area (Å²) in [6.45, 7) is 21.0. The normalized spacial score (nSPS) is 29.6. The van der Waals surface area contributed by atoms with E-state index in [0.29, 0.717) is 17.8 Å². The predicted molar refractivity (Wildman–Crippen MR) is 183 cm³/mol. The molecule has 0 heterocycles. The second kappa shape index (κ2) is 19.6. The minimum Gasteiger partial charge on any atom is -0.493 e. The molecule has 11 atom stereocenters. The molecule has 0 aliphatic heterocycles. The quantitative estimate of drug-likeness (QED) is 0.0897. The molecule has 42 heavy (non-hydrogen) atoms. The molecule has 0 aromatic rings. The highest BCUT2D eigenvalue weighted by Crippen LogP contribution is 2.40. The van der Waals surface area contributed by atoms with Crippen LogP contribution >= 0.6 is 0 Å². The summed E-state index contributed by atoms with van der Waals surface area (Å²) in [5, 5.41) is 10.9. The molecule has 0 spiro atoms. The van der Waals surface area contributed by atoms with Gasteiger partial charge in [0.2, 0.25) is 0 Å². The van der Waals surface area contributed by atoms with E-state index in [1.807, 2.05) is 0 Å². The first kappa shape index (κ1) is 37.4. The molecule has 1 fully saturated rings. The molecule has 3 nitrogen and oxygen atoms in total. The predicted octanol–water partition coefficient (Wildman–Crippen LogP) is 10.7. The summed E-state index contributed by atoms with van der Waals surface area (Å²) < 4.78 is 6.65. The average molecular weight is 588 g/mol. The molecule has 3 N–H and O–H groups in total. The Bertz CT molecular complexity index is 772. The van der Waals surface area contributed by atoms with Crippen molar-refractivity contribution in [1.29, 1.82) is 0 Å². The first-order chi connectivity index (χ1) is 20.0. The van der Waals surface area contributed by atoms with Gasteiger partial charge in [-0.2, -0.15) is 0 Å². The SMILES string of the molecule is CCCC(CCCCC[C@@H](C)[C@H](C)[C@@H]1CC=CC(C(/C=C(/OC(C)C2C(O)CCC[C@H]2CC)C(C)N)CC)C1)C(C)C. The van der Waals surface area contributed by atoms with Crippen LogP contribution in [-0.4, -0.2) is 23.4 Å². The maximum Gasteiger partial charge on any atom is 0.109 e. The Balaban J connectivity index is 1.95. The third-order valence-electron chi connectivity index (χ3n) is 11.7. The van der Waals surface area contributed by atoms with Gasteiger partial charge in [0.05, 0.1) is 12.1 Å². The monoisotopic (exact) mass is 588 g/mol. The summed E-state index contributed by atoms with van der Waals surface area (Å²) >= 11 is 0. The van der Waals surface area contributed by atoms with Crippen LogP contribution in [0.15, 0.2) is 24.0 Å². The van der Waals surface area contributed by atoms with Gasteiger partial charge in [0.25, 0.3) is 0 Å². The molecule has 3 heteroatoms. The zero-order valence-electron chi connectivity index (χ0n) is 29.5. The van der Waals surface area contributed by atoms with Crippen LogP contribution in [0.1, 0.15) is 152 Å². The topological polar surface area (TPSA) is 55.5 Å². The molecular formula is C39H73NO2. The van der Waals surface area contributed by atoms with Gasteiger partial charge in [0, 0.05) is 5.92 Å². The van der Waals surface area contributed by atoms with Crippen LogP contribution in [0.5, 0.6) is 0 Å². The van der Waals surface area contributed by atoms with Crippen LogP contribution in [0.3, 0.4) is 0 Å². The van der Waals surface area contributed by atoms with Crippen molar-refractivity contribution in [2.24, 2.45) is 59.0 Å². The van der Waals surface area contributed by atoms with E-state index in [1.165, 1.54) is 64.2 Å². The maximum atomic E-state index is 10.9. The van der Waals surface area contributed by atoms with Gasteiger partial charge in [0.1, 0.15) is 11.9 Å². The van der Waals surface area contributed by atoms with Gasteiger partial charge in [-0.25, -0.2) is 0 Å². The second-order valence-electron chi connectivity index (χ2n) is 15.1. The van der Waals surface area contributed by atoms with Crippen LogP contribution < -0.4 is 5.73 Å². The van der Waals surface area contributed by atoms with Gasteiger partial charge in [-0.3, -0.25) is 0 Å². The van der Waals surface area contributed by atoms with E-state index in [2.05, 4.69) is 80.5 Å². The van der Waals surface area contributed by atoms with Gasteiger partial charge in [0.15, 0.2) is 0 Å². The Morgan fingerprint density at radius 3 is 2.31 bits per heavy atom. The maximum absolute atomic E-state index is 10.9. The molecule has 0 aromatic carbocycles. The highest BCUT2D eigenvalue weighted by molar-refractivity contribution is 5.10. The number of rotatable bonds is 19. The fourth-order valence-corrected chi connectivity index (χ4v) is 8.47. The molecule has 0 saturated heterocycles. The number of allylic oxidation sites excluding steroid dienone is 3. The minimum absolute atomic E-state index is 0.0153. The summed E-state index contributed by atoms with van der Waals surface area (Å²) in [4.78, 5) is 0. The molecule has 0 amide bonds. The van der Waals surface area contributed by atoms with Crippen molar-refractivity contribution in [3.63, 3.8) is 0 Å². The van der Waals surface area contributed by atoms with Crippen molar-refractivity contribution in [2.45, 2.75) is 170 Å². The van der Waals surface area contributed by atoms with E-state index in [-0.39, 0.29) is 24.2 Å². The van der Waals surface area contributed by atoms with Crippen molar-refractivity contribution in [3.05, 3.63) is 24.0 Å². The number of nitrogens with two attached hydrogens (primary N) is 1. The summed E-state index contributed by atoms with van der Waals surface area (Å²) in [6, 6.07) is -0.137. The van der Waals surface area contributed by atoms with Crippen molar-refractivity contribution in [3.8, 4) is 0 Å². The molecule has 246 valence electrons. The summed E-state index contributed by atoms with van der Waals surface area (Å²) in [5.74, 6) is 6.69. The van der Waals surface area contributed by atoms with Gasteiger partial charge >= 0.3 is 0 Å². The number of unbranched alkanes of at least 4 members (excludes halogenated alkanes) is 2. The molecular weight excluding hydrogens is 514 g/mol. The summed E-state index contributed by atoms with van der Waals surface area (Å²) in [7, 11) is 0. The fraction of sp³-hybridized carbons (Fsp3) is 0.897. The molecule has 7 unspecified atom stereocenters. The highest BCUT2D eigenvalue weighted by atomic mass is 16.5. The smallest absolute Gasteiger partial charge is 0.109 e. The zero-order chi connectivity index (χ0) is 31.2. The first-order valence-electron chi connectivity index (χ1n) is 18.5. The van der Waals surface area contributed by atoms with Crippen molar-refractivity contribution >= 4 is 0 Å². The minimum atomic E-state index is -0.265. The third-order valence-corrected chi connectivity index (χ3v) is 11.7. The fourth-order valence-electron chi connectivity index (χ4n) is 8.47. The highest BCUT2D eigenvalue weighted by Gasteiger charge is 2.37. The number of aliphatic hydroxyl groups is 1. The Labute approximate surface area is 262 Å². The number of hydrogen-bond donors (Lipinski definition) is 2. The Morgan fingerprint density at radius 2 is 1.69 bits per heavy atom. The standard InChI is InChI=1S/C39H73NO2/c1-10-18-34(27(4)5)20-15-13-14-19-28(6)29(7)35-22-16-23-36(25-35)33(12-3)26-38(30(8)40)42-31(9)39-32(11-2)21-17-24-37(39)41/h16,23,26-37,39,41H,10-15,17-22,24-25,40H2,1-9H3/b38-26+/t28-,29+,30?,31?,32-,33?,34?,35-,36?,37?,39?/m1/s1. The lowest BCUT2D eigenvalue weighted by Crippen LogP contribution is -2.41. The molecule has 2 aliphatic carbocycles. The third kappa shape index (κ3) is 11.6. The molecule has 2 aliphatic rings. The van der Waals surface area contributed by atoms with Gasteiger partial charge in [-0.05, 0) is 99.4 Å². The lowest BCUT2D eigenvalue weighted by Gasteiger charge is -2.40. The van der Waals surface area contributed by atoms with Gasteiger partial charge in [-0.15, -0.1) is 0 Å². The Kier molecular flexibility index (Phi) is 17.4. The number of aliphatic hydroxyl groups excluding tert-OH is 1. The van der Waals surface area contributed by atoms with Crippen molar-refractivity contribution in [1.82, 2.24) is 0 Å². The average Bonchev–Trinajstić information content (AvgIpc) is 2.97. The van der Waals surface area contributed by atoms with Crippen LogP contribution in [0.25, 0.3) is 0 Å². The summed E-state index contributed by atoms with van der Waals surface area (Å²) in [5.41, 5.74) is 6.50. The largest absolute Gasteiger partial charge is 0.493 e. The lowest BCUT2D eigenvalue weighted by atomic mass is 9.70. The van der Waals surface area contributed by atoms with Crippen molar-refractivity contribution < 1.29 is 9.84 Å². The summed E-state index contributed by atoms with van der Waals surface area (Å²) in [6.07, 6.45) is 24.7. The van der Waals surface area contributed by atoms with Gasteiger partial charge < -0.3 is 15.6 Å². The lowest BCUT2D eigenvalue weighted by molar-refractivity contribution is -0.0527. The molecule has 1 saturated carbocycles. The van der Waals surface area contributed by atoms with Gasteiger partial charge in [-0.1, -0.05) is 118 Å². The van der Waals surface area contributed by atoms with Crippen LogP contribution in [0, 0.1) is 53.3 Å². The van der Waals surface area contributed by atoms with E-state index in [4.69, 9.17) is 10.5 Å². The Hall–Kier alpha value is -0.800. The molecule has 0 aromatic heterocycles. The molecule has 2 rings (SSSR count). The zero-order valence-corrected chi connectivity index (χ0v) is 29.5. The van der Waals surface area contributed by atoms with E-state index in [0.717, 1.165) is 61.0 Å². The van der Waals surface area contributed by atoms with Crippen LogP contribution in [0.4, 0.5) is 0 Å². The van der Waals surface area contributed by atoms with Crippen LogP contribution in [0.2, 0.25) is 0 Å². The van der Waals surface area contributed by atoms with Crippen LogP contribution in [-0.2, 0) is 4.74 Å². The van der Waals surface area contributed by atoms with E-state index >= 15 is 0 Å². The number of ether oxygens (including phenoxy) is 1. The number of hydrogen-bond acceptors (Lipinski definition) is 3.